The van der Waals surface area contributed by atoms with Crippen molar-refractivity contribution in [2.45, 2.75) is 64.3 Å². The summed E-state index contributed by atoms with van der Waals surface area (Å²) in [5, 5.41) is 0. The molecule has 2 heterocycles. The van der Waals surface area contributed by atoms with Crippen LogP contribution in [0.4, 0.5) is 4.39 Å². The highest BCUT2D eigenvalue weighted by Crippen LogP contribution is 2.42. The van der Waals surface area contributed by atoms with Crippen molar-refractivity contribution < 1.29 is 14.0 Å². The Morgan fingerprint density at radius 1 is 1.11 bits per heavy atom. The fourth-order valence-electron chi connectivity index (χ4n) is 5.26. The molecule has 2 saturated heterocycles. The molecule has 2 amide bonds. The van der Waals surface area contributed by atoms with Gasteiger partial charge in [0.15, 0.2) is 0 Å². The zero-order valence-electron chi connectivity index (χ0n) is 16.2. The molecule has 3 aliphatic rings. The number of piperidine rings is 1. The number of aryl methyl sites for hydroxylation is 1. The van der Waals surface area contributed by atoms with Crippen LogP contribution >= 0.6 is 0 Å². The largest absolute Gasteiger partial charge is 0.339 e. The molecule has 0 radical (unpaired) electrons. The standard InChI is InChI=1S/C22H29FN2O2/c1-16-8-9-17(23)14-19(16)20(26)24-13-11-22(15-24)10-5-12-25(21(22)27)18-6-3-2-4-7-18/h8-9,14,18H,2-7,10-13,15H2,1H3. The molecule has 0 bridgehead atoms. The van der Waals surface area contributed by atoms with Crippen molar-refractivity contribution in [3.8, 4) is 0 Å². The Balaban J connectivity index is 1.51. The molecule has 1 aromatic carbocycles. The summed E-state index contributed by atoms with van der Waals surface area (Å²) in [5.74, 6) is -0.284. The maximum absolute atomic E-state index is 13.6. The summed E-state index contributed by atoms with van der Waals surface area (Å²) in [6.07, 6.45) is 8.55. The quantitative estimate of drug-likeness (QED) is 0.789. The lowest BCUT2D eigenvalue weighted by atomic mass is 9.77. The predicted molar refractivity (Wildman–Crippen MR) is 102 cm³/mol. The fourth-order valence-corrected chi connectivity index (χ4v) is 5.26. The van der Waals surface area contributed by atoms with Gasteiger partial charge < -0.3 is 9.80 Å². The SMILES string of the molecule is Cc1ccc(F)cc1C(=O)N1CCC2(CCCN(C3CCCCC3)C2=O)C1. The Bertz CT molecular complexity index is 744. The molecule has 0 N–H and O–H groups in total. The molecule has 1 saturated carbocycles. The summed E-state index contributed by atoms with van der Waals surface area (Å²) >= 11 is 0. The molecule has 1 unspecified atom stereocenters. The van der Waals surface area contributed by atoms with Crippen molar-refractivity contribution in [2.75, 3.05) is 19.6 Å². The summed E-state index contributed by atoms with van der Waals surface area (Å²) in [7, 11) is 0. The van der Waals surface area contributed by atoms with Crippen molar-refractivity contribution in [1.29, 1.82) is 0 Å². The third kappa shape index (κ3) is 3.37. The normalized spacial score (nSPS) is 26.8. The summed E-state index contributed by atoms with van der Waals surface area (Å²) in [6.45, 7) is 3.75. The van der Waals surface area contributed by atoms with Crippen LogP contribution in [-0.2, 0) is 4.79 Å². The first-order valence-electron chi connectivity index (χ1n) is 10.4. The molecule has 4 nitrogen and oxygen atoms in total. The summed E-state index contributed by atoms with van der Waals surface area (Å²) in [6, 6.07) is 4.73. The van der Waals surface area contributed by atoms with Crippen molar-refractivity contribution >= 4 is 11.8 Å². The van der Waals surface area contributed by atoms with Crippen LogP contribution in [0.1, 0.15) is 67.3 Å². The zero-order chi connectivity index (χ0) is 19.0. The predicted octanol–water partition coefficient (Wildman–Crippen LogP) is 3.92. The minimum atomic E-state index is -0.424. The minimum absolute atomic E-state index is 0.147. The number of hydrogen-bond acceptors (Lipinski definition) is 2. The van der Waals surface area contributed by atoms with E-state index in [1.54, 1.807) is 11.0 Å². The van der Waals surface area contributed by atoms with Gasteiger partial charge in [-0.1, -0.05) is 25.3 Å². The van der Waals surface area contributed by atoms with E-state index < -0.39 is 11.2 Å². The number of nitrogens with zero attached hydrogens (tertiary/aromatic N) is 2. The second-order valence-corrected chi connectivity index (χ2v) is 8.61. The Morgan fingerprint density at radius 2 is 1.89 bits per heavy atom. The third-order valence-electron chi connectivity index (χ3n) is 6.86. The molecule has 1 aliphatic carbocycles. The molecular formula is C22H29FN2O2. The Morgan fingerprint density at radius 3 is 2.67 bits per heavy atom. The van der Waals surface area contributed by atoms with Gasteiger partial charge in [0.2, 0.25) is 5.91 Å². The van der Waals surface area contributed by atoms with E-state index in [2.05, 4.69) is 4.90 Å². The molecule has 1 spiro atoms. The molecule has 2 aliphatic heterocycles. The van der Waals surface area contributed by atoms with Crippen LogP contribution in [0.15, 0.2) is 18.2 Å². The Kier molecular flexibility index (Phi) is 4.95. The van der Waals surface area contributed by atoms with Gasteiger partial charge in [-0.25, -0.2) is 4.39 Å². The van der Waals surface area contributed by atoms with Gasteiger partial charge >= 0.3 is 0 Å². The molecule has 1 aromatic rings. The second-order valence-electron chi connectivity index (χ2n) is 8.61. The first-order chi connectivity index (χ1) is 13.0. The first kappa shape index (κ1) is 18.5. The number of carbonyl (C=O) groups is 2. The highest BCUT2D eigenvalue weighted by Gasteiger charge is 2.50. The van der Waals surface area contributed by atoms with Crippen LogP contribution < -0.4 is 0 Å². The van der Waals surface area contributed by atoms with E-state index in [9.17, 15) is 14.0 Å². The minimum Gasteiger partial charge on any atom is -0.339 e. The smallest absolute Gasteiger partial charge is 0.254 e. The molecule has 146 valence electrons. The Labute approximate surface area is 160 Å². The highest BCUT2D eigenvalue weighted by atomic mass is 19.1. The average molecular weight is 372 g/mol. The molecule has 5 heteroatoms. The molecule has 3 fully saturated rings. The monoisotopic (exact) mass is 372 g/mol. The molecular weight excluding hydrogens is 343 g/mol. The number of halogens is 1. The number of rotatable bonds is 2. The van der Waals surface area contributed by atoms with Crippen LogP contribution in [0.5, 0.6) is 0 Å². The van der Waals surface area contributed by atoms with Gasteiger partial charge in [-0.2, -0.15) is 0 Å². The van der Waals surface area contributed by atoms with Gasteiger partial charge in [0.25, 0.3) is 5.91 Å². The maximum Gasteiger partial charge on any atom is 0.254 e. The van der Waals surface area contributed by atoms with Gasteiger partial charge in [0.1, 0.15) is 5.82 Å². The van der Waals surface area contributed by atoms with Crippen LogP contribution in [0, 0.1) is 18.2 Å². The van der Waals surface area contributed by atoms with Crippen molar-refractivity contribution in [3.05, 3.63) is 35.1 Å². The van der Waals surface area contributed by atoms with Crippen LogP contribution in [0.25, 0.3) is 0 Å². The van der Waals surface area contributed by atoms with Crippen molar-refractivity contribution in [1.82, 2.24) is 9.80 Å². The maximum atomic E-state index is 13.6. The van der Waals surface area contributed by atoms with Gasteiger partial charge in [-0.3, -0.25) is 9.59 Å². The zero-order valence-corrected chi connectivity index (χ0v) is 16.2. The van der Waals surface area contributed by atoms with Crippen LogP contribution in [0.3, 0.4) is 0 Å². The van der Waals surface area contributed by atoms with Crippen molar-refractivity contribution in [3.63, 3.8) is 0 Å². The van der Waals surface area contributed by atoms with E-state index in [1.807, 2.05) is 6.92 Å². The molecule has 1 atom stereocenters. The first-order valence-corrected chi connectivity index (χ1v) is 10.4. The van der Waals surface area contributed by atoms with Crippen LogP contribution in [-0.4, -0.2) is 47.3 Å². The number of hydrogen-bond donors (Lipinski definition) is 0. The molecule has 27 heavy (non-hydrogen) atoms. The van der Waals surface area contributed by atoms with Crippen molar-refractivity contribution in [2.24, 2.45) is 5.41 Å². The lowest BCUT2D eigenvalue weighted by Crippen LogP contribution is -2.54. The molecule has 0 aromatic heterocycles. The topological polar surface area (TPSA) is 40.6 Å². The fraction of sp³-hybridized carbons (Fsp3) is 0.636. The second kappa shape index (κ2) is 7.25. The van der Waals surface area contributed by atoms with E-state index in [-0.39, 0.29) is 11.8 Å². The summed E-state index contributed by atoms with van der Waals surface area (Å²) < 4.78 is 13.6. The number of benzene rings is 1. The number of carbonyl (C=O) groups excluding carboxylic acids is 2. The van der Waals surface area contributed by atoms with E-state index >= 15 is 0 Å². The van der Waals surface area contributed by atoms with E-state index in [0.29, 0.717) is 24.7 Å². The third-order valence-corrected chi connectivity index (χ3v) is 6.86. The highest BCUT2D eigenvalue weighted by molar-refractivity contribution is 5.96. The Hall–Kier alpha value is -1.91. The van der Waals surface area contributed by atoms with E-state index in [4.69, 9.17) is 0 Å². The van der Waals surface area contributed by atoms with Crippen LogP contribution in [0.2, 0.25) is 0 Å². The van der Waals surface area contributed by atoms with Gasteiger partial charge in [0.05, 0.1) is 5.41 Å². The number of likely N-dealkylation sites (tertiary alicyclic amines) is 2. The van der Waals surface area contributed by atoms with E-state index in [1.165, 1.54) is 31.4 Å². The van der Waals surface area contributed by atoms with Gasteiger partial charge in [0, 0.05) is 31.2 Å². The van der Waals surface area contributed by atoms with Gasteiger partial charge in [-0.15, -0.1) is 0 Å². The summed E-state index contributed by atoms with van der Waals surface area (Å²) in [5.41, 5.74) is 0.771. The number of amides is 2. The lowest BCUT2D eigenvalue weighted by Gasteiger charge is -2.44. The average Bonchev–Trinajstić information content (AvgIpc) is 3.11. The van der Waals surface area contributed by atoms with Gasteiger partial charge in [-0.05, 0) is 56.7 Å². The van der Waals surface area contributed by atoms with E-state index in [0.717, 1.165) is 44.2 Å². The summed E-state index contributed by atoms with van der Waals surface area (Å²) in [4.78, 5) is 30.3. The lowest BCUT2D eigenvalue weighted by molar-refractivity contribution is -0.149. The molecule has 4 rings (SSSR count).